The van der Waals surface area contributed by atoms with Gasteiger partial charge in [-0.25, -0.2) is 24.1 Å². The van der Waals surface area contributed by atoms with E-state index in [4.69, 9.17) is 10.00 Å². The summed E-state index contributed by atoms with van der Waals surface area (Å²) in [5.41, 5.74) is -1.64. The Morgan fingerprint density at radius 2 is 2.03 bits per heavy atom. The van der Waals surface area contributed by atoms with Gasteiger partial charge in [-0.1, -0.05) is 0 Å². The molecule has 3 aromatic rings. The molecule has 31 heavy (non-hydrogen) atoms. The molecule has 3 aromatic heterocycles. The van der Waals surface area contributed by atoms with Crippen LogP contribution in [0.25, 0.3) is 0 Å². The Kier molecular flexibility index (Phi) is 5.95. The molecule has 0 radical (unpaired) electrons. The number of anilines is 2. The van der Waals surface area contributed by atoms with Crippen molar-refractivity contribution in [3.63, 3.8) is 0 Å². The third kappa shape index (κ3) is 5.01. The lowest BCUT2D eigenvalue weighted by molar-refractivity contribution is -0.141. The summed E-state index contributed by atoms with van der Waals surface area (Å²) in [6, 6.07) is 3.48. The molecule has 14 heteroatoms. The minimum Gasteiger partial charge on any atom is -0.467 e. The second kappa shape index (κ2) is 8.61. The Morgan fingerprint density at radius 3 is 2.61 bits per heavy atom. The van der Waals surface area contributed by atoms with Crippen LogP contribution in [-0.4, -0.2) is 38.3 Å². The van der Waals surface area contributed by atoms with Crippen molar-refractivity contribution >= 4 is 17.5 Å². The Balaban J connectivity index is 1.90. The summed E-state index contributed by atoms with van der Waals surface area (Å²) in [6.45, 7) is -0.378. The Bertz CT molecular complexity index is 1120. The average molecular weight is 436 g/mol. The van der Waals surface area contributed by atoms with Crippen LogP contribution in [0, 0.1) is 17.1 Å². The number of halogens is 4. The lowest BCUT2D eigenvalue weighted by Crippen LogP contribution is -2.35. The van der Waals surface area contributed by atoms with Crippen LogP contribution in [0.5, 0.6) is 6.01 Å². The number of rotatable bonds is 5. The predicted molar refractivity (Wildman–Crippen MR) is 96.3 cm³/mol. The zero-order chi connectivity index (χ0) is 22.6. The second-order valence-corrected chi connectivity index (χ2v) is 5.86. The van der Waals surface area contributed by atoms with Crippen molar-refractivity contribution < 1.29 is 27.1 Å². The maximum absolute atomic E-state index is 13.4. The van der Waals surface area contributed by atoms with Gasteiger partial charge >= 0.3 is 18.2 Å². The number of ether oxygens (including phenoxy) is 1. The number of hydrogen-bond acceptors (Lipinski definition) is 7. The SMILES string of the molecule is COc1ncc(N(Cc2cc(C(F)(F)F)n[nH]2)C(=O)Nc2ccc(F)c(C#N)n2)cn1. The minimum absolute atomic E-state index is 0.00358. The first-order valence-electron chi connectivity index (χ1n) is 8.34. The fourth-order valence-electron chi connectivity index (χ4n) is 2.36. The zero-order valence-corrected chi connectivity index (χ0v) is 15.6. The van der Waals surface area contributed by atoms with Gasteiger partial charge in [0.1, 0.15) is 11.9 Å². The molecule has 0 aliphatic carbocycles. The summed E-state index contributed by atoms with van der Waals surface area (Å²) in [4.78, 5) is 25.2. The van der Waals surface area contributed by atoms with Gasteiger partial charge in [-0.3, -0.25) is 15.3 Å². The molecule has 2 amide bonds. The molecule has 0 fully saturated rings. The summed E-state index contributed by atoms with van der Waals surface area (Å²) in [7, 11) is 1.33. The van der Waals surface area contributed by atoms with E-state index in [-0.39, 0.29) is 29.8 Å². The first-order valence-corrected chi connectivity index (χ1v) is 8.34. The molecular formula is C17H12F4N8O2. The first kappa shape index (κ1) is 21.4. The third-order valence-corrected chi connectivity index (χ3v) is 3.79. The molecule has 0 aromatic carbocycles. The van der Waals surface area contributed by atoms with Crippen LogP contribution in [0.4, 0.5) is 33.9 Å². The van der Waals surface area contributed by atoms with Gasteiger partial charge in [-0.15, -0.1) is 0 Å². The van der Waals surface area contributed by atoms with Crippen LogP contribution in [0.3, 0.4) is 0 Å². The fraction of sp³-hybridized carbons (Fsp3) is 0.176. The fourth-order valence-corrected chi connectivity index (χ4v) is 2.36. The van der Waals surface area contributed by atoms with Crippen LogP contribution >= 0.6 is 0 Å². The summed E-state index contributed by atoms with van der Waals surface area (Å²) in [5.74, 6) is -1.03. The molecule has 0 saturated heterocycles. The van der Waals surface area contributed by atoms with Crippen molar-refractivity contribution in [1.29, 1.82) is 5.26 Å². The van der Waals surface area contributed by atoms with Crippen LogP contribution in [-0.2, 0) is 12.7 Å². The highest BCUT2D eigenvalue weighted by Gasteiger charge is 2.34. The van der Waals surface area contributed by atoms with E-state index in [1.165, 1.54) is 25.6 Å². The van der Waals surface area contributed by atoms with E-state index in [0.29, 0.717) is 0 Å². The van der Waals surface area contributed by atoms with Gasteiger partial charge in [0, 0.05) is 0 Å². The number of hydrogen-bond donors (Lipinski definition) is 2. The van der Waals surface area contributed by atoms with Crippen LogP contribution in [0.1, 0.15) is 17.1 Å². The molecule has 0 unspecified atom stereocenters. The first-order chi connectivity index (χ1) is 14.7. The number of alkyl halides is 3. The number of carbonyl (C=O) groups excluding carboxylic acids is 1. The third-order valence-electron chi connectivity index (χ3n) is 3.79. The Labute approximate surface area is 171 Å². The van der Waals surface area contributed by atoms with Gasteiger partial charge in [0.2, 0.25) is 0 Å². The quantitative estimate of drug-likeness (QED) is 0.588. The number of urea groups is 1. The Hall–Kier alpha value is -4.28. The van der Waals surface area contributed by atoms with Crippen molar-refractivity contribution in [2.45, 2.75) is 12.7 Å². The van der Waals surface area contributed by atoms with Gasteiger partial charge in [0.25, 0.3) is 0 Å². The molecule has 0 atom stereocenters. The normalized spacial score (nSPS) is 11.0. The molecule has 0 saturated carbocycles. The molecule has 0 aliphatic heterocycles. The molecule has 2 N–H and O–H groups in total. The van der Waals surface area contributed by atoms with Gasteiger partial charge in [-0.05, 0) is 18.2 Å². The van der Waals surface area contributed by atoms with Crippen molar-refractivity contribution in [3.05, 3.63) is 53.5 Å². The lowest BCUT2D eigenvalue weighted by atomic mass is 10.3. The number of aromatic nitrogens is 5. The number of carbonyl (C=O) groups is 1. The number of methoxy groups -OCH3 is 1. The summed E-state index contributed by atoms with van der Waals surface area (Å²) >= 11 is 0. The van der Waals surface area contributed by atoms with Crippen molar-refractivity contribution in [2.24, 2.45) is 0 Å². The van der Waals surface area contributed by atoms with Gasteiger partial charge in [0.15, 0.2) is 17.2 Å². The number of nitrogens with zero attached hydrogens (tertiary/aromatic N) is 6. The topological polar surface area (TPSA) is 133 Å². The monoisotopic (exact) mass is 436 g/mol. The van der Waals surface area contributed by atoms with E-state index < -0.39 is 29.4 Å². The van der Waals surface area contributed by atoms with E-state index in [0.717, 1.165) is 23.1 Å². The highest BCUT2D eigenvalue weighted by molar-refractivity contribution is 6.00. The van der Waals surface area contributed by atoms with Gasteiger partial charge < -0.3 is 4.74 Å². The standard InChI is InChI=1S/C17H12F4N8O2/c1-31-15-23-6-10(7-24-15)29(8-9-4-13(28-27-9)17(19,20)21)16(30)26-14-3-2-11(18)12(5-22)25-14/h2-4,6-7H,8H2,1H3,(H,27,28)(H,25,26,30). The van der Waals surface area contributed by atoms with E-state index in [1.54, 1.807) is 0 Å². The molecule has 160 valence electrons. The van der Waals surface area contributed by atoms with Crippen molar-refractivity contribution in [3.8, 4) is 12.1 Å². The number of amides is 2. The minimum atomic E-state index is -4.67. The number of nitriles is 1. The van der Waals surface area contributed by atoms with Crippen molar-refractivity contribution in [1.82, 2.24) is 25.1 Å². The molecule has 0 spiro atoms. The average Bonchev–Trinajstić information content (AvgIpc) is 3.23. The predicted octanol–water partition coefficient (Wildman–Crippen LogP) is 2.87. The molecule has 0 aliphatic rings. The largest absolute Gasteiger partial charge is 0.467 e. The van der Waals surface area contributed by atoms with E-state index in [1.807, 2.05) is 0 Å². The molecular weight excluding hydrogens is 424 g/mol. The van der Waals surface area contributed by atoms with Crippen LogP contribution < -0.4 is 15.0 Å². The second-order valence-electron chi connectivity index (χ2n) is 5.86. The van der Waals surface area contributed by atoms with E-state index in [9.17, 15) is 22.4 Å². The van der Waals surface area contributed by atoms with Crippen LogP contribution in [0.2, 0.25) is 0 Å². The van der Waals surface area contributed by atoms with Crippen molar-refractivity contribution in [2.75, 3.05) is 17.3 Å². The summed E-state index contributed by atoms with van der Waals surface area (Å²) < 4.78 is 56.8. The molecule has 10 nitrogen and oxygen atoms in total. The Morgan fingerprint density at radius 1 is 1.32 bits per heavy atom. The molecule has 0 bridgehead atoms. The van der Waals surface area contributed by atoms with E-state index in [2.05, 4.69) is 30.5 Å². The highest BCUT2D eigenvalue weighted by Crippen LogP contribution is 2.28. The summed E-state index contributed by atoms with van der Waals surface area (Å²) in [5, 5.41) is 16.6. The number of aromatic amines is 1. The number of H-pyrrole nitrogens is 1. The molecule has 3 heterocycles. The van der Waals surface area contributed by atoms with Crippen LogP contribution in [0.15, 0.2) is 30.6 Å². The number of nitrogens with one attached hydrogen (secondary N) is 2. The summed E-state index contributed by atoms with van der Waals surface area (Å²) in [6.07, 6.45) is -2.24. The highest BCUT2D eigenvalue weighted by atomic mass is 19.4. The van der Waals surface area contributed by atoms with E-state index >= 15 is 0 Å². The molecule has 3 rings (SSSR count). The maximum atomic E-state index is 13.4. The van der Waals surface area contributed by atoms with Gasteiger partial charge in [-0.2, -0.15) is 23.5 Å². The lowest BCUT2D eigenvalue weighted by Gasteiger charge is -2.21. The number of pyridine rings is 1. The maximum Gasteiger partial charge on any atom is 0.435 e. The zero-order valence-electron chi connectivity index (χ0n) is 15.6. The van der Waals surface area contributed by atoms with Gasteiger partial charge in [0.05, 0.1) is 37.4 Å². The smallest absolute Gasteiger partial charge is 0.435 e.